The molecule has 1 rings (SSSR count). The summed E-state index contributed by atoms with van der Waals surface area (Å²) in [5.41, 5.74) is 4.73. The van der Waals surface area contributed by atoms with Gasteiger partial charge in [0.05, 0.1) is 0 Å². The molecule has 9 heteroatoms. The van der Waals surface area contributed by atoms with Crippen molar-refractivity contribution in [2.24, 2.45) is 5.92 Å². The van der Waals surface area contributed by atoms with Crippen LogP contribution in [0, 0.1) is 5.92 Å². The summed E-state index contributed by atoms with van der Waals surface area (Å²) >= 11 is 0. The van der Waals surface area contributed by atoms with E-state index in [0.29, 0.717) is 12.8 Å². The lowest BCUT2D eigenvalue weighted by Crippen LogP contribution is -2.27. The van der Waals surface area contributed by atoms with Gasteiger partial charge in [0, 0.05) is 10.8 Å². The second-order valence-electron chi connectivity index (χ2n) is 4.24. The van der Waals surface area contributed by atoms with E-state index in [1.807, 2.05) is 6.92 Å². The summed E-state index contributed by atoms with van der Waals surface area (Å²) in [6.07, 6.45) is 1.20. The van der Waals surface area contributed by atoms with Crippen molar-refractivity contribution in [2.45, 2.75) is 26.0 Å². The first-order valence-electron chi connectivity index (χ1n) is 5.72. The number of aromatic nitrogens is 2. The molecule has 0 amide bonds. The van der Waals surface area contributed by atoms with Gasteiger partial charge in [0.25, 0.3) is 0 Å². The number of aliphatic hydroxyl groups excluding tert-OH is 1. The van der Waals surface area contributed by atoms with Crippen LogP contribution in [0.2, 0.25) is 0 Å². The first kappa shape index (κ1) is 15.7. The number of nitrogens with two attached hydrogens (primary N) is 1. The molecule has 1 heterocycles. The lowest BCUT2D eigenvalue weighted by molar-refractivity contribution is 0.0790. The molecule has 1 aromatic rings. The number of nitrogens with zero attached hydrogens (tertiary/aromatic N) is 2. The first-order chi connectivity index (χ1) is 8.90. The van der Waals surface area contributed by atoms with E-state index < -0.39 is 20.2 Å². The number of nitrogen functional groups attached to an aromatic ring is 1. The van der Waals surface area contributed by atoms with Gasteiger partial charge in [-0.3, -0.25) is 4.57 Å². The van der Waals surface area contributed by atoms with Crippen LogP contribution < -0.4 is 11.4 Å². The average Bonchev–Trinajstić information content (AvgIpc) is 2.33. The lowest BCUT2D eigenvalue weighted by Gasteiger charge is -2.15. The minimum Gasteiger partial charge on any atom is -0.383 e. The maximum absolute atomic E-state index is 11.5. The molecule has 0 radical (unpaired) electrons. The molecule has 0 aliphatic heterocycles. The van der Waals surface area contributed by atoms with E-state index in [9.17, 15) is 14.5 Å². The maximum atomic E-state index is 11.5. The quantitative estimate of drug-likeness (QED) is 0.620. The van der Waals surface area contributed by atoms with Crippen molar-refractivity contribution >= 4 is 14.1 Å². The van der Waals surface area contributed by atoms with Crippen LogP contribution in [-0.4, -0.2) is 26.2 Å². The third-order valence-corrected chi connectivity index (χ3v) is 2.93. The van der Waals surface area contributed by atoms with Gasteiger partial charge in [-0.1, -0.05) is 6.92 Å². The largest absolute Gasteiger partial charge is 0.694 e. The highest BCUT2D eigenvalue weighted by molar-refractivity contribution is 7.32. The maximum Gasteiger partial charge on any atom is 0.694 e. The Kier molecular flexibility index (Phi) is 6.04. The fourth-order valence-corrected chi connectivity index (χ4v) is 1.88. The van der Waals surface area contributed by atoms with Crippen LogP contribution in [0.4, 0.5) is 5.82 Å². The van der Waals surface area contributed by atoms with Crippen molar-refractivity contribution in [3.63, 3.8) is 0 Å². The zero-order valence-electron chi connectivity index (χ0n) is 10.5. The average molecular weight is 290 g/mol. The van der Waals surface area contributed by atoms with E-state index in [2.05, 4.69) is 9.51 Å². The van der Waals surface area contributed by atoms with Crippen molar-refractivity contribution in [3.05, 3.63) is 22.7 Å². The Morgan fingerprint density at radius 1 is 1.58 bits per heavy atom. The summed E-state index contributed by atoms with van der Waals surface area (Å²) in [4.78, 5) is 23.5. The minimum atomic E-state index is -2.60. The van der Waals surface area contributed by atoms with E-state index in [0.717, 1.165) is 4.57 Å². The number of rotatable bonds is 7. The van der Waals surface area contributed by atoms with Gasteiger partial charge in [-0.15, -0.1) is 9.42 Å². The van der Waals surface area contributed by atoms with Crippen LogP contribution in [0.15, 0.2) is 17.1 Å². The van der Waals surface area contributed by atoms with Crippen molar-refractivity contribution in [2.75, 3.05) is 12.3 Å². The molecule has 0 aromatic carbocycles. The van der Waals surface area contributed by atoms with Gasteiger partial charge >= 0.3 is 13.9 Å². The van der Waals surface area contributed by atoms with Gasteiger partial charge in [-0.2, -0.15) is 4.98 Å². The highest BCUT2D eigenvalue weighted by Gasteiger charge is 2.17. The normalized spacial score (nSPS) is 15.0. The highest BCUT2D eigenvalue weighted by Crippen LogP contribution is 2.20. The van der Waals surface area contributed by atoms with Crippen LogP contribution in [-0.2, 0) is 9.09 Å². The molecule has 4 N–H and O–H groups in total. The highest BCUT2D eigenvalue weighted by atomic mass is 31.1. The smallest absolute Gasteiger partial charge is 0.383 e. The SMILES string of the molecule is CC(CC[C@@H](O)n1ccc(N)nc1=O)CO[P+](=O)O. The van der Waals surface area contributed by atoms with Crippen LogP contribution >= 0.6 is 8.25 Å². The topological polar surface area (TPSA) is 128 Å². The van der Waals surface area contributed by atoms with Crippen LogP contribution in [0.3, 0.4) is 0 Å². The van der Waals surface area contributed by atoms with E-state index in [-0.39, 0.29) is 18.3 Å². The molecule has 0 saturated carbocycles. The molecular formula is C10H17N3O5P+. The van der Waals surface area contributed by atoms with E-state index in [4.69, 9.17) is 10.6 Å². The number of hydrogen-bond acceptors (Lipinski definition) is 6. The van der Waals surface area contributed by atoms with Crippen molar-refractivity contribution in [1.82, 2.24) is 9.55 Å². The molecule has 0 aliphatic carbocycles. The third-order valence-electron chi connectivity index (χ3n) is 2.56. The molecule has 106 valence electrons. The van der Waals surface area contributed by atoms with Gasteiger partial charge in [-0.25, -0.2) is 4.79 Å². The molecule has 0 aliphatic rings. The Hall–Kier alpha value is -1.34. The lowest BCUT2D eigenvalue weighted by atomic mass is 10.1. The summed E-state index contributed by atoms with van der Waals surface area (Å²) in [6.45, 7) is 1.93. The Morgan fingerprint density at radius 3 is 2.84 bits per heavy atom. The zero-order valence-corrected chi connectivity index (χ0v) is 11.4. The summed E-state index contributed by atoms with van der Waals surface area (Å²) < 4.78 is 16.0. The standard InChI is InChI=1S/C10H16N3O5P/c1-7(6-18-19(16)17)2-3-9(14)13-5-4-8(11)12-10(13)15/h4-5,7,9,14H,2-3,6H2,1H3,(H2-,11,12,15,16,17)/p+1/t7?,9-/m1/s1. The number of aliphatic hydroxyl groups is 1. The Balaban J connectivity index is 2.48. The fraction of sp³-hybridized carbons (Fsp3) is 0.600. The molecule has 0 fully saturated rings. The number of anilines is 1. The van der Waals surface area contributed by atoms with Crippen molar-refractivity contribution < 1.29 is 19.1 Å². The predicted molar refractivity (Wildman–Crippen MR) is 68.3 cm³/mol. The predicted octanol–water partition coefficient (Wildman–Crippen LogP) is 0.399. The van der Waals surface area contributed by atoms with Gasteiger partial charge in [-0.05, 0) is 24.8 Å². The van der Waals surface area contributed by atoms with Crippen LogP contribution in [0.25, 0.3) is 0 Å². The second kappa shape index (κ2) is 7.30. The van der Waals surface area contributed by atoms with Gasteiger partial charge in [0.2, 0.25) is 0 Å². The molecule has 19 heavy (non-hydrogen) atoms. The molecule has 3 atom stereocenters. The minimum absolute atomic E-state index is 0.0156. The van der Waals surface area contributed by atoms with Crippen molar-refractivity contribution in [3.8, 4) is 0 Å². The molecule has 1 aromatic heterocycles. The summed E-state index contributed by atoms with van der Waals surface area (Å²) in [5, 5.41) is 9.85. The zero-order chi connectivity index (χ0) is 14.4. The van der Waals surface area contributed by atoms with Crippen LogP contribution in [0.5, 0.6) is 0 Å². The van der Waals surface area contributed by atoms with Gasteiger partial charge in [0.15, 0.2) is 0 Å². The van der Waals surface area contributed by atoms with E-state index in [1.165, 1.54) is 12.3 Å². The Bertz CT molecular complexity index is 492. The van der Waals surface area contributed by atoms with Gasteiger partial charge < -0.3 is 10.8 Å². The first-order valence-corrected chi connectivity index (χ1v) is 6.85. The summed E-state index contributed by atoms with van der Waals surface area (Å²) in [7, 11) is -2.60. The molecular weight excluding hydrogens is 273 g/mol. The molecule has 8 nitrogen and oxygen atoms in total. The van der Waals surface area contributed by atoms with E-state index >= 15 is 0 Å². The molecule has 0 bridgehead atoms. The Labute approximate surface area is 110 Å². The second-order valence-corrected chi connectivity index (χ2v) is 4.97. The molecule has 2 unspecified atom stereocenters. The van der Waals surface area contributed by atoms with Crippen molar-refractivity contribution in [1.29, 1.82) is 0 Å². The van der Waals surface area contributed by atoms with Gasteiger partial charge in [0.1, 0.15) is 18.7 Å². The van der Waals surface area contributed by atoms with E-state index in [1.54, 1.807) is 0 Å². The Morgan fingerprint density at radius 2 is 2.26 bits per heavy atom. The van der Waals surface area contributed by atoms with Crippen LogP contribution in [0.1, 0.15) is 26.0 Å². The summed E-state index contributed by atoms with van der Waals surface area (Å²) in [6, 6.07) is 1.42. The molecule has 0 saturated heterocycles. The number of hydrogen-bond donors (Lipinski definition) is 3. The fourth-order valence-electron chi connectivity index (χ4n) is 1.50. The summed E-state index contributed by atoms with van der Waals surface area (Å²) in [5.74, 6) is 0.0835. The monoisotopic (exact) mass is 290 g/mol. The third kappa shape index (κ3) is 5.44. The molecule has 0 spiro atoms.